The van der Waals surface area contributed by atoms with Crippen molar-refractivity contribution in [1.29, 1.82) is 0 Å². The first-order valence-corrected chi connectivity index (χ1v) is 4.01. The number of rotatable bonds is 0. The van der Waals surface area contributed by atoms with E-state index in [2.05, 4.69) is 9.97 Å². The van der Waals surface area contributed by atoms with Gasteiger partial charge in [-0.3, -0.25) is 0 Å². The first kappa shape index (κ1) is 12.0. The van der Waals surface area contributed by atoms with Gasteiger partial charge in [0.1, 0.15) is 0 Å². The Bertz CT molecular complexity index is 243. The summed E-state index contributed by atoms with van der Waals surface area (Å²) in [6, 6.07) is 0. The lowest BCUT2D eigenvalue weighted by Gasteiger charge is -1.99. The van der Waals surface area contributed by atoms with Gasteiger partial charge >= 0.3 is 6.18 Å². The Morgan fingerprint density at radius 2 is 1.62 bits per heavy atom. The van der Waals surface area contributed by atoms with Gasteiger partial charge in [-0.25, -0.2) is 4.98 Å². The molecule has 1 rings (SSSR count). The van der Waals surface area contributed by atoms with Crippen LogP contribution in [0.25, 0.3) is 0 Å². The van der Waals surface area contributed by atoms with Crippen molar-refractivity contribution in [2.75, 3.05) is 0 Å². The molecule has 0 unspecified atom stereocenters. The molecule has 1 heterocycles. The number of aromatic amines is 1. The highest BCUT2D eigenvalue weighted by molar-refractivity contribution is 5.12. The molecular weight excluding hydrogens is 181 g/mol. The van der Waals surface area contributed by atoms with E-state index < -0.39 is 12.0 Å². The molecule has 0 spiro atoms. The second kappa shape index (κ2) is 4.30. The van der Waals surface area contributed by atoms with Crippen LogP contribution in [-0.4, -0.2) is 9.97 Å². The monoisotopic (exact) mass is 194 g/mol. The maximum atomic E-state index is 11.9. The molecule has 0 saturated carbocycles. The fourth-order valence-electron chi connectivity index (χ4n) is 0.682. The van der Waals surface area contributed by atoms with E-state index in [-0.39, 0.29) is 0 Å². The van der Waals surface area contributed by atoms with Crippen LogP contribution in [0.15, 0.2) is 0 Å². The van der Waals surface area contributed by atoms with Gasteiger partial charge in [-0.05, 0) is 13.8 Å². The molecule has 0 saturated heterocycles. The second-order valence-corrected chi connectivity index (χ2v) is 2.29. The lowest BCUT2D eigenvalue weighted by atomic mass is 10.4. The summed E-state index contributed by atoms with van der Waals surface area (Å²) in [5, 5.41) is 0. The molecule has 5 heteroatoms. The number of halogens is 3. The summed E-state index contributed by atoms with van der Waals surface area (Å²) in [4.78, 5) is 5.45. The van der Waals surface area contributed by atoms with Crippen LogP contribution in [0, 0.1) is 13.8 Å². The van der Waals surface area contributed by atoms with Crippen molar-refractivity contribution in [3.8, 4) is 0 Å². The first-order chi connectivity index (χ1) is 5.91. The largest absolute Gasteiger partial charge is 0.449 e. The van der Waals surface area contributed by atoms with Crippen molar-refractivity contribution in [3.05, 3.63) is 17.2 Å². The Morgan fingerprint density at radius 3 is 1.77 bits per heavy atom. The van der Waals surface area contributed by atoms with Gasteiger partial charge in [0.05, 0.1) is 5.69 Å². The summed E-state index contributed by atoms with van der Waals surface area (Å²) in [7, 11) is 0. The van der Waals surface area contributed by atoms with Crippen LogP contribution in [0.3, 0.4) is 0 Å². The topological polar surface area (TPSA) is 28.7 Å². The molecule has 1 aromatic rings. The van der Waals surface area contributed by atoms with E-state index in [1.807, 2.05) is 13.8 Å². The van der Waals surface area contributed by atoms with Crippen LogP contribution >= 0.6 is 0 Å². The smallest absolute Gasteiger partial charge is 0.338 e. The van der Waals surface area contributed by atoms with E-state index in [1.165, 1.54) is 6.92 Å². The van der Waals surface area contributed by atoms with Crippen LogP contribution in [0.4, 0.5) is 13.2 Å². The Labute approximate surface area is 75.2 Å². The molecule has 0 aliphatic rings. The Morgan fingerprint density at radius 1 is 1.15 bits per heavy atom. The molecule has 0 aliphatic heterocycles. The number of H-pyrrole nitrogens is 1. The predicted octanol–water partition coefficient (Wildman–Crippen LogP) is 3.07. The van der Waals surface area contributed by atoms with E-state index in [0.29, 0.717) is 11.4 Å². The summed E-state index contributed by atoms with van der Waals surface area (Å²) in [5.74, 6) is -0.924. The third-order valence-electron chi connectivity index (χ3n) is 1.40. The van der Waals surface area contributed by atoms with Crippen molar-refractivity contribution < 1.29 is 13.2 Å². The molecule has 13 heavy (non-hydrogen) atoms. The SMILES string of the molecule is CC.Cc1nc(C(F)(F)F)[nH]c1C. The maximum Gasteiger partial charge on any atom is 0.449 e. The third kappa shape index (κ3) is 3.08. The molecule has 1 aromatic heterocycles. The standard InChI is InChI=1S/C6H7F3N2.C2H6/c1-3-4(2)11-5(10-3)6(7,8)9;1-2/h1-2H3,(H,10,11);1-2H3. The minimum absolute atomic E-state index is 0.386. The van der Waals surface area contributed by atoms with Gasteiger partial charge < -0.3 is 4.98 Å². The third-order valence-corrected chi connectivity index (χ3v) is 1.40. The molecular formula is C8H13F3N2. The molecule has 0 bridgehead atoms. The van der Waals surface area contributed by atoms with Crippen molar-refractivity contribution in [1.82, 2.24) is 9.97 Å². The van der Waals surface area contributed by atoms with E-state index in [4.69, 9.17) is 0 Å². The zero-order valence-electron chi connectivity index (χ0n) is 8.08. The van der Waals surface area contributed by atoms with Gasteiger partial charge in [0.2, 0.25) is 5.82 Å². The van der Waals surface area contributed by atoms with Gasteiger partial charge in [-0.15, -0.1) is 0 Å². The molecule has 0 amide bonds. The Kier molecular flexibility index (Phi) is 3.97. The highest BCUT2D eigenvalue weighted by atomic mass is 19.4. The van der Waals surface area contributed by atoms with Gasteiger partial charge in [0.15, 0.2) is 0 Å². The predicted molar refractivity (Wildman–Crippen MR) is 44.4 cm³/mol. The van der Waals surface area contributed by atoms with Crippen LogP contribution in [0.2, 0.25) is 0 Å². The van der Waals surface area contributed by atoms with Crippen LogP contribution in [-0.2, 0) is 6.18 Å². The molecule has 0 aromatic carbocycles. The lowest BCUT2D eigenvalue weighted by Crippen LogP contribution is -2.07. The van der Waals surface area contributed by atoms with E-state index in [9.17, 15) is 13.2 Å². The number of imidazole rings is 1. The molecule has 1 N–H and O–H groups in total. The number of aryl methyl sites for hydroxylation is 2. The molecule has 0 atom stereocenters. The van der Waals surface area contributed by atoms with E-state index in [0.717, 1.165) is 0 Å². The highest BCUT2D eigenvalue weighted by Crippen LogP contribution is 2.26. The molecule has 0 radical (unpaired) electrons. The zero-order valence-corrected chi connectivity index (χ0v) is 8.08. The van der Waals surface area contributed by atoms with Crippen molar-refractivity contribution >= 4 is 0 Å². The van der Waals surface area contributed by atoms with Gasteiger partial charge in [-0.2, -0.15) is 13.2 Å². The van der Waals surface area contributed by atoms with Crippen molar-refractivity contribution in [2.45, 2.75) is 33.9 Å². The normalized spacial score (nSPS) is 10.7. The maximum absolute atomic E-state index is 11.9. The number of hydrogen-bond acceptors (Lipinski definition) is 1. The van der Waals surface area contributed by atoms with Gasteiger partial charge in [0.25, 0.3) is 0 Å². The van der Waals surface area contributed by atoms with Crippen LogP contribution < -0.4 is 0 Å². The first-order valence-electron chi connectivity index (χ1n) is 4.01. The quantitative estimate of drug-likeness (QED) is 0.675. The summed E-state index contributed by atoms with van der Waals surface area (Å²) < 4.78 is 35.7. The zero-order chi connectivity index (χ0) is 10.6. The molecule has 0 aliphatic carbocycles. The Hall–Kier alpha value is -1.00. The number of nitrogens with zero attached hydrogens (tertiary/aromatic N) is 1. The van der Waals surface area contributed by atoms with Crippen molar-refractivity contribution in [2.24, 2.45) is 0 Å². The van der Waals surface area contributed by atoms with E-state index >= 15 is 0 Å². The lowest BCUT2D eigenvalue weighted by molar-refractivity contribution is -0.144. The van der Waals surface area contributed by atoms with Crippen LogP contribution in [0.5, 0.6) is 0 Å². The highest BCUT2D eigenvalue weighted by Gasteiger charge is 2.34. The minimum atomic E-state index is -4.36. The number of hydrogen-bond donors (Lipinski definition) is 1. The number of alkyl halides is 3. The fraction of sp³-hybridized carbons (Fsp3) is 0.625. The molecule has 2 nitrogen and oxygen atoms in total. The van der Waals surface area contributed by atoms with Gasteiger partial charge in [-0.1, -0.05) is 13.8 Å². The minimum Gasteiger partial charge on any atom is -0.338 e. The number of aromatic nitrogens is 2. The van der Waals surface area contributed by atoms with Gasteiger partial charge in [0, 0.05) is 5.69 Å². The fourth-order valence-corrected chi connectivity index (χ4v) is 0.682. The summed E-state index contributed by atoms with van der Waals surface area (Å²) in [5.41, 5.74) is 0.842. The summed E-state index contributed by atoms with van der Waals surface area (Å²) >= 11 is 0. The van der Waals surface area contributed by atoms with Crippen molar-refractivity contribution in [3.63, 3.8) is 0 Å². The summed E-state index contributed by atoms with van der Waals surface area (Å²) in [6.45, 7) is 7.08. The molecule has 0 fully saturated rings. The average Bonchev–Trinajstić information content (AvgIpc) is 2.35. The summed E-state index contributed by atoms with van der Waals surface area (Å²) in [6.07, 6.45) is -4.36. The van der Waals surface area contributed by atoms with Crippen LogP contribution in [0.1, 0.15) is 31.1 Å². The Balaban J connectivity index is 0.000000671. The van der Waals surface area contributed by atoms with E-state index in [1.54, 1.807) is 6.92 Å². The number of nitrogens with one attached hydrogen (secondary N) is 1. The molecule has 76 valence electrons. The average molecular weight is 194 g/mol. The second-order valence-electron chi connectivity index (χ2n) is 2.29.